The number of amides is 1. The Kier molecular flexibility index (Phi) is 2.80. The molecule has 1 N–H and O–H groups in total. The van der Waals surface area contributed by atoms with Crippen LogP contribution in [-0.2, 0) is 4.79 Å². The predicted molar refractivity (Wildman–Crippen MR) is 64.2 cm³/mol. The number of nitrogens with zero attached hydrogens (tertiary/aromatic N) is 1. The average molecular weight is 269 g/mol. The van der Waals surface area contributed by atoms with Gasteiger partial charge in [0, 0.05) is 23.8 Å². The van der Waals surface area contributed by atoms with Crippen LogP contribution in [0, 0.1) is 0 Å². The number of rotatable bonds is 2. The number of hydrogen-bond acceptors (Lipinski definition) is 2. The summed E-state index contributed by atoms with van der Waals surface area (Å²) in [5.74, 6) is 0.126. The van der Waals surface area contributed by atoms with E-state index in [-0.39, 0.29) is 11.8 Å². The number of carbonyl (C=O) groups excluding carboxylic acids is 1. The third-order valence-electron chi connectivity index (χ3n) is 2.77. The number of benzene rings is 1. The molecule has 0 saturated carbocycles. The van der Waals surface area contributed by atoms with Crippen molar-refractivity contribution in [2.45, 2.75) is 5.92 Å². The van der Waals surface area contributed by atoms with Crippen LogP contribution in [0.25, 0.3) is 0 Å². The molecular weight excluding hydrogens is 256 g/mol. The Morgan fingerprint density at radius 2 is 2.27 bits per heavy atom. The lowest BCUT2D eigenvalue weighted by molar-refractivity contribution is -0.118. The Bertz CT molecular complexity index is 406. The van der Waals surface area contributed by atoms with Crippen molar-refractivity contribution in [3.63, 3.8) is 0 Å². The lowest BCUT2D eigenvalue weighted by Gasteiger charge is -2.10. The van der Waals surface area contributed by atoms with Crippen LogP contribution >= 0.6 is 15.9 Å². The number of nitrogens with one attached hydrogen (secondary N) is 1. The van der Waals surface area contributed by atoms with E-state index in [0.717, 1.165) is 15.7 Å². The summed E-state index contributed by atoms with van der Waals surface area (Å²) in [6.45, 7) is 0.692. The maximum atomic E-state index is 11.9. The third kappa shape index (κ3) is 1.68. The largest absolute Gasteiger partial charge is 0.319 e. The van der Waals surface area contributed by atoms with Gasteiger partial charge in [0.15, 0.2) is 0 Å². The van der Waals surface area contributed by atoms with E-state index < -0.39 is 0 Å². The van der Waals surface area contributed by atoms with Crippen molar-refractivity contribution < 1.29 is 4.79 Å². The van der Waals surface area contributed by atoms with Crippen LogP contribution in [0.3, 0.4) is 0 Å². The van der Waals surface area contributed by atoms with Crippen molar-refractivity contribution in [2.24, 2.45) is 0 Å². The molecule has 0 saturated heterocycles. The van der Waals surface area contributed by atoms with Crippen molar-refractivity contribution >= 4 is 27.5 Å². The van der Waals surface area contributed by atoms with Gasteiger partial charge in [0.25, 0.3) is 0 Å². The number of fused-ring (bicyclic) bond motifs is 1. The first kappa shape index (κ1) is 10.6. The molecule has 0 aromatic heterocycles. The maximum absolute atomic E-state index is 11.9. The van der Waals surface area contributed by atoms with E-state index in [2.05, 4.69) is 21.2 Å². The Morgan fingerprint density at radius 1 is 1.53 bits per heavy atom. The zero-order valence-corrected chi connectivity index (χ0v) is 10.3. The van der Waals surface area contributed by atoms with Gasteiger partial charge < -0.3 is 10.2 Å². The van der Waals surface area contributed by atoms with Gasteiger partial charge in [-0.25, -0.2) is 0 Å². The minimum absolute atomic E-state index is 0.0388. The van der Waals surface area contributed by atoms with Crippen LogP contribution in [0.5, 0.6) is 0 Å². The van der Waals surface area contributed by atoms with Gasteiger partial charge in [-0.15, -0.1) is 0 Å². The molecular formula is C11H13BrN2O. The zero-order chi connectivity index (χ0) is 11.0. The monoisotopic (exact) mass is 268 g/mol. The Morgan fingerprint density at radius 3 is 2.93 bits per heavy atom. The van der Waals surface area contributed by atoms with E-state index in [0.29, 0.717) is 6.54 Å². The molecule has 1 aliphatic heterocycles. The number of carbonyl (C=O) groups is 1. The SMILES string of the molecule is CNCC1C(=O)N(C)c2cc(Br)ccc21. The number of hydrogen-bond donors (Lipinski definition) is 1. The Balaban J connectivity index is 2.46. The first-order chi connectivity index (χ1) is 7.15. The van der Waals surface area contributed by atoms with Crippen LogP contribution in [0.15, 0.2) is 22.7 Å². The second-order valence-corrected chi connectivity index (χ2v) is 4.63. The Hall–Kier alpha value is -0.870. The molecule has 1 aromatic rings. The van der Waals surface area contributed by atoms with Crippen LogP contribution in [0.4, 0.5) is 5.69 Å². The standard InChI is InChI=1S/C11H13BrN2O/c1-13-6-9-8-4-3-7(12)5-10(8)14(2)11(9)15/h3-5,9,13H,6H2,1-2H3. The summed E-state index contributed by atoms with van der Waals surface area (Å²) in [5.41, 5.74) is 2.12. The van der Waals surface area contributed by atoms with Crippen molar-refractivity contribution in [3.05, 3.63) is 28.2 Å². The van der Waals surface area contributed by atoms with Gasteiger partial charge in [-0.1, -0.05) is 22.0 Å². The molecule has 1 amide bonds. The first-order valence-corrected chi connectivity index (χ1v) is 5.66. The molecule has 80 valence electrons. The molecule has 0 fully saturated rings. The zero-order valence-electron chi connectivity index (χ0n) is 8.75. The molecule has 1 heterocycles. The number of anilines is 1. The first-order valence-electron chi connectivity index (χ1n) is 4.86. The topological polar surface area (TPSA) is 32.3 Å². The van der Waals surface area contributed by atoms with Gasteiger partial charge in [-0.3, -0.25) is 4.79 Å². The fourth-order valence-electron chi connectivity index (χ4n) is 1.99. The fraction of sp³-hybridized carbons (Fsp3) is 0.364. The third-order valence-corrected chi connectivity index (χ3v) is 3.26. The highest BCUT2D eigenvalue weighted by molar-refractivity contribution is 9.10. The van der Waals surface area contributed by atoms with Gasteiger partial charge in [0.2, 0.25) is 5.91 Å². The van der Waals surface area contributed by atoms with Crippen molar-refractivity contribution in [2.75, 3.05) is 25.5 Å². The molecule has 0 radical (unpaired) electrons. The van der Waals surface area contributed by atoms with E-state index >= 15 is 0 Å². The molecule has 1 unspecified atom stereocenters. The minimum Gasteiger partial charge on any atom is -0.319 e. The second kappa shape index (κ2) is 3.94. The minimum atomic E-state index is -0.0388. The summed E-state index contributed by atoms with van der Waals surface area (Å²) >= 11 is 3.42. The lowest BCUT2D eigenvalue weighted by Crippen LogP contribution is -2.29. The van der Waals surface area contributed by atoms with Crippen LogP contribution < -0.4 is 10.2 Å². The van der Waals surface area contributed by atoms with Crippen LogP contribution in [0.2, 0.25) is 0 Å². The molecule has 2 rings (SSSR count). The van der Waals surface area contributed by atoms with E-state index in [1.807, 2.05) is 32.3 Å². The van der Waals surface area contributed by atoms with E-state index in [1.165, 1.54) is 0 Å². The smallest absolute Gasteiger partial charge is 0.235 e. The second-order valence-electron chi connectivity index (χ2n) is 3.71. The molecule has 1 atom stereocenters. The van der Waals surface area contributed by atoms with Crippen molar-refractivity contribution in [1.29, 1.82) is 0 Å². The van der Waals surface area contributed by atoms with Gasteiger partial charge in [0.1, 0.15) is 0 Å². The summed E-state index contributed by atoms with van der Waals surface area (Å²) in [5, 5.41) is 3.06. The van der Waals surface area contributed by atoms with Gasteiger partial charge in [0.05, 0.1) is 5.92 Å². The molecule has 0 bridgehead atoms. The predicted octanol–water partition coefficient (Wildman–Crippen LogP) is 1.73. The van der Waals surface area contributed by atoms with E-state index in [1.54, 1.807) is 4.90 Å². The number of likely N-dealkylation sites (N-methyl/N-ethyl adjacent to an activating group) is 2. The normalized spacial score (nSPS) is 19.5. The van der Waals surface area contributed by atoms with Crippen molar-refractivity contribution in [1.82, 2.24) is 5.32 Å². The Labute approximate surface area is 97.6 Å². The summed E-state index contributed by atoms with van der Waals surface area (Å²) in [4.78, 5) is 13.7. The molecule has 1 aliphatic rings. The highest BCUT2D eigenvalue weighted by atomic mass is 79.9. The summed E-state index contributed by atoms with van der Waals surface area (Å²) in [7, 11) is 3.69. The summed E-state index contributed by atoms with van der Waals surface area (Å²) in [6.07, 6.45) is 0. The van der Waals surface area contributed by atoms with E-state index in [4.69, 9.17) is 0 Å². The summed E-state index contributed by atoms with van der Waals surface area (Å²) in [6, 6.07) is 5.99. The molecule has 4 heteroatoms. The summed E-state index contributed by atoms with van der Waals surface area (Å²) < 4.78 is 1.01. The molecule has 15 heavy (non-hydrogen) atoms. The van der Waals surface area contributed by atoms with Crippen LogP contribution in [0.1, 0.15) is 11.5 Å². The van der Waals surface area contributed by atoms with E-state index in [9.17, 15) is 4.79 Å². The molecule has 3 nitrogen and oxygen atoms in total. The van der Waals surface area contributed by atoms with Gasteiger partial charge >= 0.3 is 0 Å². The molecule has 0 aliphatic carbocycles. The van der Waals surface area contributed by atoms with Crippen molar-refractivity contribution in [3.8, 4) is 0 Å². The number of halogens is 1. The lowest BCUT2D eigenvalue weighted by atomic mass is 10.0. The van der Waals surface area contributed by atoms with Crippen LogP contribution in [-0.4, -0.2) is 26.5 Å². The highest BCUT2D eigenvalue weighted by Gasteiger charge is 2.34. The highest BCUT2D eigenvalue weighted by Crippen LogP contribution is 2.37. The average Bonchev–Trinajstić information content (AvgIpc) is 2.44. The maximum Gasteiger partial charge on any atom is 0.235 e. The van der Waals surface area contributed by atoms with Gasteiger partial charge in [-0.05, 0) is 24.7 Å². The molecule has 1 aromatic carbocycles. The quantitative estimate of drug-likeness (QED) is 0.886. The molecule has 0 spiro atoms. The van der Waals surface area contributed by atoms with Gasteiger partial charge in [-0.2, -0.15) is 0 Å². The fourth-order valence-corrected chi connectivity index (χ4v) is 2.34.